The Morgan fingerprint density at radius 1 is 1.09 bits per heavy atom. The van der Waals surface area contributed by atoms with Crippen molar-refractivity contribution in [2.75, 3.05) is 19.5 Å². The first kappa shape index (κ1) is 16.6. The third-order valence-electron chi connectivity index (χ3n) is 3.46. The lowest BCUT2D eigenvalue weighted by molar-refractivity contribution is -0.111. The summed E-state index contributed by atoms with van der Waals surface area (Å²) in [6.07, 6.45) is 4.10. The van der Waals surface area contributed by atoms with Gasteiger partial charge in [-0.05, 0) is 41.8 Å². The number of hydrogen-bond donors (Lipinski definition) is 1. The number of nitrogens with one attached hydrogen (secondary N) is 1. The average Bonchev–Trinajstić information content (AvgIpc) is 2.60. The van der Waals surface area contributed by atoms with Gasteiger partial charge in [0.15, 0.2) is 0 Å². The van der Waals surface area contributed by atoms with E-state index in [2.05, 4.69) is 12.2 Å². The van der Waals surface area contributed by atoms with E-state index in [0.29, 0.717) is 11.5 Å². The third kappa shape index (κ3) is 4.61. The lowest BCUT2D eigenvalue weighted by Crippen LogP contribution is -2.09. The fraction of sp³-hybridized carbons (Fsp3) is 0.211. The van der Waals surface area contributed by atoms with Crippen molar-refractivity contribution in [3.63, 3.8) is 0 Å². The Kier molecular flexibility index (Phi) is 5.80. The molecule has 0 aliphatic rings. The van der Waals surface area contributed by atoms with Gasteiger partial charge < -0.3 is 14.8 Å². The van der Waals surface area contributed by atoms with Crippen molar-refractivity contribution in [1.82, 2.24) is 0 Å². The zero-order chi connectivity index (χ0) is 16.7. The zero-order valence-corrected chi connectivity index (χ0v) is 13.6. The van der Waals surface area contributed by atoms with Gasteiger partial charge in [-0.3, -0.25) is 4.79 Å². The van der Waals surface area contributed by atoms with E-state index in [-0.39, 0.29) is 5.91 Å². The quantitative estimate of drug-likeness (QED) is 0.823. The molecule has 0 atom stereocenters. The first-order chi connectivity index (χ1) is 11.2. The molecule has 0 bridgehead atoms. The second-order valence-electron chi connectivity index (χ2n) is 4.98. The van der Waals surface area contributed by atoms with Crippen molar-refractivity contribution in [3.8, 4) is 11.5 Å². The fourth-order valence-corrected chi connectivity index (χ4v) is 2.22. The highest BCUT2D eigenvalue weighted by molar-refractivity contribution is 6.02. The molecule has 23 heavy (non-hydrogen) atoms. The largest absolute Gasteiger partial charge is 0.497 e. The predicted molar refractivity (Wildman–Crippen MR) is 93.0 cm³/mol. The molecule has 0 spiro atoms. The molecular formula is C19H21NO3. The first-order valence-corrected chi connectivity index (χ1v) is 7.46. The van der Waals surface area contributed by atoms with Crippen LogP contribution < -0.4 is 14.8 Å². The zero-order valence-electron chi connectivity index (χ0n) is 13.6. The topological polar surface area (TPSA) is 47.6 Å². The summed E-state index contributed by atoms with van der Waals surface area (Å²) in [7, 11) is 3.19. The molecule has 0 aromatic heterocycles. The van der Waals surface area contributed by atoms with Gasteiger partial charge in [0, 0.05) is 17.8 Å². The minimum absolute atomic E-state index is 0.173. The van der Waals surface area contributed by atoms with Crippen molar-refractivity contribution >= 4 is 17.7 Å². The van der Waals surface area contributed by atoms with Gasteiger partial charge in [-0.15, -0.1) is 0 Å². The standard InChI is InChI=1S/C19H21NO3/c1-4-15-7-5-6-8-18(15)20-19(21)10-9-14-11-16(22-2)13-17(12-14)23-3/h5-13H,4H2,1-3H3,(H,20,21)/b10-9+. The summed E-state index contributed by atoms with van der Waals surface area (Å²) >= 11 is 0. The molecule has 1 amide bonds. The van der Waals surface area contributed by atoms with Gasteiger partial charge in [-0.2, -0.15) is 0 Å². The van der Waals surface area contributed by atoms with Crippen molar-refractivity contribution in [2.24, 2.45) is 0 Å². The molecule has 120 valence electrons. The molecule has 0 saturated heterocycles. The van der Waals surface area contributed by atoms with Crippen LogP contribution in [-0.4, -0.2) is 20.1 Å². The van der Waals surface area contributed by atoms with E-state index >= 15 is 0 Å². The highest BCUT2D eigenvalue weighted by atomic mass is 16.5. The van der Waals surface area contributed by atoms with Crippen LogP contribution in [-0.2, 0) is 11.2 Å². The molecule has 2 aromatic carbocycles. The van der Waals surface area contributed by atoms with Crippen LogP contribution in [0.15, 0.2) is 48.5 Å². The SMILES string of the molecule is CCc1ccccc1NC(=O)/C=C/c1cc(OC)cc(OC)c1. The third-order valence-corrected chi connectivity index (χ3v) is 3.46. The van der Waals surface area contributed by atoms with Crippen LogP contribution in [0.1, 0.15) is 18.1 Å². The summed E-state index contributed by atoms with van der Waals surface area (Å²) < 4.78 is 10.4. The molecule has 0 radical (unpaired) electrons. The summed E-state index contributed by atoms with van der Waals surface area (Å²) in [5.74, 6) is 1.19. The van der Waals surface area contributed by atoms with E-state index in [1.165, 1.54) is 6.08 Å². The molecule has 0 aliphatic heterocycles. The Labute approximate surface area is 136 Å². The summed E-state index contributed by atoms with van der Waals surface area (Å²) in [6.45, 7) is 2.06. The normalized spacial score (nSPS) is 10.6. The van der Waals surface area contributed by atoms with Crippen molar-refractivity contribution in [3.05, 3.63) is 59.7 Å². The number of amides is 1. The monoisotopic (exact) mass is 311 g/mol. The van der Waals surface area contributed by atoms with E-state index in [1.807, 2.05) is 36.4 Å². The Morgan fingerprint density at radius 2 is 1.74 bits per heavy atom. The fourth-order valence-electron chi connectivity index (χ4n) is 2.22. The van der Waals surface area contributed by atoms with Crippen LogP contribution in [0.25, 0.3) is 6.08 Å². The summed E-state index contributed by atoms with van der Waals surface area (Å²) in [5, 5.41) is 2.90. The van der Waals surface area contributed by atoms with E-state index in [4.69, 9.17) is 9.47 Å². The molecule has 0 heterocycles. The van der Waals surface area contributed by atoms with Gasteiger partial charge in [-0.1, -0.05) is 25.1 Å². The molecule has 2 aromatic rings. The minimum atomic E-state index is -0.173. The van der Waals surface area contributed by atoms with Crippen LogP contribution in [0.2, 0.25) is 0 Å². The van der Waals surface area contributed by atoms with Gasteiger partial charge in [0.05, 0.1) is 14.2 Å². The number of hydrogen-bond acceptors (Lipinski definition) is 3. The number of para-hydroxylation sites is 1. The maximum absolute atomic E-state index is 12.1. The number of rotatable bonds is 6. The summed E-state index contributed by atoms with van der Waals surface area (Å²) in [4.78, 5) is 12.1. The number of aryl methyl sites for hydroxylation is 1. The van der Waals surface area contributed by atoms with Crippen molar-refractivity contribution in [1.29, 1.82) is 0 Å². The highest BCUT2D eigenvalue weighted by Gasteiger charge is 2.03. The van der Waals surface area contributed by atoms with E-state index < -0.39 is 0 Å². The Morgan fingerprint density at radius 3 is 2.35 bits per heavy atom. The predicted octanol–water partition coefficient (Wildman–Crippen LogP) is 3.92. The number of anilines is 1. The van der Waals surface area contributed by atoms with Crippen molar-refractivity contribution < 1.29 is 14.3 Å². The maximum Gasteiger partial charge on any atom is 0.248 e. The molecular weight excluding hydrogens is 290 g/mol. The molecule has 0 fully saturated rings. The summed E-state index contributed by atoms with van der Waals surface area (Å²) in [5.41, 5.74) is 2.78. The molecule has 4 heteroatoms. The van der Waals surface area contributed by atoms with Crippen LogP contribution in [0.5, 0.6) is 11.5 Å². The smallest absolute Gasteiger partial charge is 0.248 e. The van der Waals surface area contributed by atoms with Gasteiger partial charge in [0.1, 0.15) is 11.5 Å². The van der Waals surface area contributed by atoms with Gasteiger partial charge in [0.2, 0.25) is 5.91 Å². The number of ether oxygens (including phenoxy) is 2. The molecule has 0 unspecified atom stereocenters. The molecule has 4 nitrogen and oxygen atoms in total. The average molecular weight is 311 g/mol. The van der Waals surface area contributed by atoms with E-state index in [1.54, 1.807) is 26.4 Å². The number of carbonyl (C=O) groups excluding carboxylic acids is 1. The lowest BCUT2D eigenvalue weighted by Gasteiger charge is -2.08. The van der Waals surface area contributed by atoms with E-state index in [0.717, 1.165) is 23.2 Å². The minimum Gasteiger partial charge on any atom is -0.497 e. The summed E-state index contributed by atoms with van der Waals surface area (Å²) in [6, 6.07) is 13.2. The highest BCUT2D eigenvalue weighted by Crippen LogP contribution is 2.23. The van der Waals surface area contributed by atoms with Crippen LogP contribution in [0, 0.1) is 0 Å². The second-order valence-corrected chi connectivity index (χ2v) is 4.98. The molecule has 0 saturated carbocycles. The Hall–Kier alpha value is -2.75. The van der Waals surface area contributed by atoms with Crippen LogP contribution >= 0.6 is 0 Å². The Balaban J connectivity index is 2.12. The van der Waals surface area contributed by atoms with Crippen LogP contribution in [0.3, 0.4) is 0 Å². The molecule has 1 N–H and O–H groups in total. The van der Waals surface area contributed by atoms with E-state index in [9.17, 15) is 4.79 Å². The van der Waals surface area contributed by atoms with Crippen molar-refractivity contribution in [2.45, 2.75) is 13.3 Å². The lowest BCUT2D eigenvalue weighted by atomic mass is 10.1. The first-order valence-electron chi connectivity index (χ1n) is 7.46. The second kappa shape index (κ2) is 8.03. The van der Waals surface area contributed by atoms with Crippen LogP contribution in [0.4, 0.5) is 5.69 Å². The van der Waals surface area contributed by atoms with Gasteiger partial charge in [0.25, 0.3) is 0 Å². The molecule has 0 aliphatic carbocycles. The van der Waals surface area contributed by atoms with Gasteiger partial charge >= 0.3 is 0 Å². The maximum atomic E-state index is 12.1. The number of benzene rings is 2. The Bertz CT molecular complexity index is 685. The van der Waals surface area contributed by atoms with Gasteiger partial charge in [-0.25, -0.2) is 0 Å². The number of methoxy groups -OCH3 is 2. The molecule has 2 rings (SSSR count). The number of carbonyl (C=O) groups is 1.